The summed E-state index contributed by atoms with van der Waals surface area (Å²) in [6.45, 7) is 7.34. The zero-order chi connectivity index (χ0) is 16.1. The highest BCUT2D eigenvalue weighted by Crippen LogP contribution is 2.26. The molecule has 0 saturated carbocycles. The molecule has 2 rings (SSSR count). The van der Waals surface area contributed by atoms with Gasteiger partial charge in [0.05, 0.1) is 0 Å². The summed E-state index contributed by atoms with van der Waals surface area (Å²) in [4.78, 5) is 0. The largest absolute Gasteiger partial charge is 0.306 e. The number of aryl methyl sites for hydroxylation is 2. The molecule has 0 radical (unpaired) electrons. The summed E-state index contributed by atoms with van der Waals surface area (Å²) in [7, 11) is 0. The van der Waals surface area contributed by atoms with Gasteiger partial charge in [-0.2, -0.15) is 0 Å². The molecule has 0 aliphatic rings. The zero-order valence-electron chi connectivity index (χ0n) is 13.4. The van der Waals surface area contributed by atoms with Crippen molar-refractivity contribution < 1.29 is 0 Å². The van der Waals surface area contributed by atoms with E-state index in [4.69, 9.17) is 23.2 Å². The normalized spacial score (nSPS) is 12.4. The fraction of sp³-hybridized carbons (Fsp3) is 0.368. The lowest BCUT2D eigenvalue weighted by Gasteiger charge is -2.18. The molecule has 1 N–H and O–H groups in total. The van der Waals surface area contributed by atoms with Crippen LogP contribution >= 0.6 is 23.2 Å². The molecule has 0 saturated heterocycles. The van der Waals surface area contributed by atoms with Gasteiger partial charge in [0.1, 0.15) is 0 Å². The second-order valence-corrected chi connectivity index (χ2v) is 6.42. The van der Waals surface area contributed by atoms with Gasteiger partial charge in [0.25, 0.3) is 0 Å². The van der Waals surface area contributed by atoms with Crippen molar-refractivity contribution in [1.82, 2.24) is 5.32 Å². The highest BCUT2D eigenvalue weighted by Gasteiger charge is 2.11. The van der Waals surface area contributed by atoms with Crippen LogP contribution in [0.15, 0.2) is 36.4 Å². The second-order valence-electron chi connectivity index (χ2n) is 5.58. The number of hydrogen-bond acceptors (Lipinski definition) is 1. The van der Waals surface area contributed by atoms with Crippen LogP contribution in [0.4, 0.5) is 0 Å². The van der Waals surface area contributed by atoms with Crippen LogP contribution in [0.25, 0.3) is 0 Å². The van der Waals surface area contributed by atoms with E-state index in [2.05, 4.69) is 44.3 Å². The Balaban J connectivity index is 2.13. The van der Waals surface area contributed by atoms with Crippen molar-refractivity contribution in [2.24, 2.45) is 0 Å². The van der Waals surface area contributed by atoms with Gasteiger partial charge in [0.2, 0.25) is 0 Å². The van der Waals surface area contributed by atoms with Gasteiger partial charge in [-0.05, 0) is 60.2 Å². The molecule has 0 spiro atoms. The average molecular weight is 336 g/mol. The van der Waals surface area contributed by atoms with Gasteiger partial charge >= 0.3 is 0 Å². The fourth-order valence-corrected chi connectivity index (χ4v) is 3.09. The number of halogens is 2. The van der Waals surface area contributed by atoms with Crippen molar-refractivity contribution in [3.8, 4) is 0 Å². The Morgan fingerprint density at radius 2 is 1.73 bits per heavy atom. The summed E-state index contributed by atoms with van der Waals surface area (Å²) < 4.78 is 0. The monoisotopic (exact) mass is 335 g/mol. The van der Waals surface area contributed by atoms with E-state index in [1.54, 1.807) is 0 Å². The first-order chi connectivity index (χ1) is 10.5. The molecule has 0 amide bonds. The smallest absolute Gasteiger partial charge is 0.0454 e. The Morgan fingerprint density at radius 3 is 2.41 bits per heavy atom. The van der Waals surface area contributed by atoms with Crippen LogP contribution in [-0.4, -0.2) is 0 Å². The summed E-state index contributed by atoms with van der Waals surface area (Å²) in [5, 5.41) is 5.04. The average Bonchev–Trinajstić information content (AvgIpc) is 2.54. The maximum absolute atomic E-state index is 6.28. The number of rotatable bonds is 6. The standard InChI is InChI=1S/C19H23Cl2N/c1-4-14-6-7-15(5-2)16(10-14)12-22-13(3)18-11-17(20)8-9-19(18)21/h6-11,13,22H,4-5,12H2,1-3H3. The van der Waals surface area contributed by atoms with Gasteiger partial charge in [-0.3, -0.25) is 0 Å². The Labute approximate surface area is 143 Å². The van der Waals surface area contributed by atoms with Gasteiger partial charge in [0, 0.05) is 22.6 Å². The van der Waals surface area contributed by atoms with Crippen LogP contribution < -0.4 is 5.32 Å². The molecule has 22 heavy (non-hydrogen) atoms. The maximum atomic E-state index is 6.28. The molecule has 1 atom stereocenters. The van der Waals surface area contributed by atoms with Crippen LogP contribution in [0, 0.1) is 0 Å². The SMILES string of the molecule is CCc1ccc(CC)c(CNC(C)c2cc(Cl)ccc2Cl)c1. The molecular weight excluding hydrogens is 313 g/mol. The number of nitrogens with one attached hydrogen (secondary N) is 1. The highest BCUT2D eigenvalue weighted by atomic mass is 35.5. The summed E-state index contributed by atoms with van der Waals surface area (Å²) in [6, 6.07) is 12.5. The molecule has 0 bridgehead atoms. The summed E-state index contributed by atoms with van der Waals surface area (Å²) in [5.74, 6) is 0. The first-order valence-electron chi connectivity index (χ1n) is 7.84. The lowest BCUT2D eigenvalue weighted by Crippen LogP contribution is -2.19. The van der Waals surface area contributed by atoms with E-state index in [9.17, 15) is 0 Å². The van der Waals surface area contributed by atoms with Crippen molar-refractivity contribution in [1.29, 1.82) is 0 Å². The van der Waals surface area contributed by atoms with E-state index in [-0.39, 0.29) is 6.04 Å². The Bertz CT molecular complexity index is 637. The maximum Gasteiger partial charge on any atom is 0.0454 e. The Kier molecular flexibility index (Phi) is 6.31. The van der Waals surface area contributed by atoms with E-state index >= 15 is 0 Å². The third kappa shape index (κ3) is 4.25. The van der Waals surface area contributed by atoms with Crippen LogP contribution in [0.1, 0.15) is 49.1 Å². The lowest BCUT2D eigenvalue weighted by molar-refractivity contribution is 0.572. The predicted octanol–water partition coefficient (Wildman–Crippen LogP) is 5.97. The molecule has 0 fully saturated rings. The molecule has 3 heteroatoms. The van der Waals surface area contributed by atoms with Crippen LogP contribution in [0.2, 0.25) is 10.0 Å². The third-order valence-corrected chi connectivity index (χ3v) is 4.66. The van der Waals surface area contributed by atoms with Crippen molar-refractivity contribution in [2.75, 3.05) is 0 Å². The minimum Gasteiger partial charge on any atom is -0.306 e. The molecule has 0 aromatic heterocycles. The molecular formula is C19H23Cl2N. The predicted molar refractivity (Wildman–Crippen MR) is 96.9 cm³/mol. The van der Waals surface area contributed by atoms with E-state index in [0.29, 0.717) is 0 Å². The minimum absolute atomic E-state index is 0.154. The Morgan fingerprint density at radius 1 is 0.955 bits per heavy atom. The summed E-state index contributed by atoms with van der Waals surface area (Å²) in [6.07, 6.45) is 2.11. The van der Waals surface area contributed by atoms with Gasteiger partial charge < -0.3 is 5.32 Å². The molecule has 2 aromatic rings. The van der Waals surface area contributed by atoms with Gasteiger partial charge in [-0.15, -0.1) is 0 Å². The van der Waals surface area contributed by atoms with Crippen molar-refractivity contribution >= 4 is 23.2 Å². The van der Waals surface area contributed by atoms with Crippen molar-refractivity contribution in [2.45, 2.75) is 46.2 Å². The van der Waals surface area contributed by atoms with Gasteiger partial charge in [0.15, 0.2) is 0 Å². The summed E-state index contributed by atoms with van der Waals surface area (Å²) in [5.41, 5.74) is 5.18. The Hall–Kier alpha value is -1.02. The number of benzene rings is 2. The third-order valence-electron chi connectivity index (χ3n) is 4.08. The topological polar surface area (TPSA) is 12.0 Å². The van der Waals surface area contributed by atoms with E-state index in [1.807, 2.05) is 18.2 Å². The van der Waals surface area contributed by atoms with Crippen molar-refractivity contribution in [3.63, 3.8) is 0 Å². The van der Waals surface area contributed by atoms with Crippen LogP contribution in [0.5, 0.6) is 0 Å². The molecule has 0 heterocycles. The van der Waals surface area contributed by atoms with E-state index in [0.717, 1.165) is 35.0 Å². The molecule has 0 aliphatic carbocycles. The lowest BCUT2D eigenvalue weighted by atomic mass is 10.00. The zero-order valence-corrected chi connectivity index (χ0v) is 14.9. The quantitative estimate of drug-likeness (QED) is 0.685. The van der Waals surface area contributed by atoms with Gasteiger partial charge in [-0.25, -0.2) is 0 Å². The van der Waals surface area contributed by atoms with Crippen LogP contribution in [0.3, 0.4) is 0 Å². The molecule has 2 aromatic carbocycles. The minimum atomic E-state index is 0.154. The molecule has 1 unspecified atom stereocenters. The van der Waals surface area contributed by atoms with Gasteiger partial charge in [-0.1, -0.05) is 55.2 Å². The summed E-state index contributed by atoms with van der Waals surface area (Å²) >= 11 is 12.4. The first-order valence-corrected chi connectivity index (χ1v) is 8.59. The molecule has 118 valence electrons. The van der Waals surface area contributed by atoms with E-state index in [1.165, 1.54) is 16.7 Å². The number of hydrogen-bond donors (Lipinski definition) is 1. The van der Waals surface area contributed by atoms with E-state index < -0.39 is 0 Å². The first kappa shape index (κ1) is 17.3. The van der Waals surface area contributed by atoms with Crippen LogP contribution in [-0.2, 0) is 19.4 Å². The highest BCUT2D eigenvalue weighted by molar-refractivity contribution is 6.33. The molecule has 0 aliphatic heterocycles. The second kappa shape index (κ2) is 8.01. The molecule has 1 nitrogen and oxygen atoms in total. The fourth-order valence-electron chi connectivity index (χ4n) is 2.63. The van der Waals surface area contributed by atoms with Crippen molar-refractivity contribution in [3.05, 3.63) is 68.7 Å².